The van der Waals surface area contributed by atoms with E-state index in [0.717, 1.165) is 0 Å². The number of carbonyl (C=O) groups excluding carboxylic acids is 1. The molecule has 0 aromatic heterocycles. The zero-order chi connectivity index (χ0) is 13.3. The van der Waals surface area contributed by atoms with Crippen LogP contribution < -0.4 is 10.5 Å². The van der Waals surface area contributed by atoms with Crippen LogP contribution in [-0.4, -0.2) is 18.7 Å². The molecule has 0 saturated heterocycles. The minimum absolute atomic E-state index is 0.225. The molecule has 1 aromatic carbocycles. The summed E-state index contributed by atoms with van der Waals surface area (Å²) in [5, 5.41) is 0. The molecule has 0 radical (unpaired) electrons. The number of hydrogen-bond acceptors (Lipinski definition) is 4. The van der Waals surface area contributed by atoms with Crippen LogP contribution in [-0.2, 0) is 15.1 Å². The fraction of sp³-hybridized carbons (Fsp3) is 0.462. The van der Waals surface area contributed by atoms with Gasteiger partial charge in [0.25, 0.3) is 0 Å². The summed E-state index contributed by atoms with van der Waals surface area (Å²) in [7, 11) is 0. The van der Waals surface area contributed by atoms with Gasteiger partial charge in [-0.05, 0) is 32.0 Å². The van der Waals surface area contributed by atoms with Gasteiger partial charge in [0, 0.05) is 12.0 Å². The third-order valence-electron chi connectivity index (χ3n) is 3.00. The van der Waals surface area contributed by atoms with Crippen LogP contribution in [0.1, 0.15) is 25.8 Å². The lowest BCUT2D eigenvalue weighted by Crippen LogP contribution is -2.51. The van der Waals surface area contributed by atoms with E-state index in [1.54, 1.807) is 6.92 Å². The van der Waals surface area contributed by atoms with E-state index in [9.17, 15) is 9.18 Å². The number of hydrogen-bond donors (Lipinski definition) is 1. The Morgan fingerprint density at radius 2 is 2.39 bits per heavy atom. The van der Waals surface area contributed by atoms with Gasteiger partial charge in [0.05, 0.1) is 12.7 Å². The lowest BCUT2D eigenvalue weighted by atomic mass is 9.83. The van der Waals surface area contributed by atoms with Gasteiger partial charge in [0.15, 0.2) is 0 Å². The van der Waals surface area contributed by atoms with Gasteiger partial charge in [-0.3, -0.25) is 0 Å². The van der Waals surface area contributed by atoms with Crippen molar-refractivity contribution in [3.63, 3.8) is 0 Å². The first-order valence-corrected chi connectivity index (χ1v) is 5.90. The van der Waals surface area contributed by atoms with Gasteiger partial charge in [-0.2, -0.15) is 0 Å². The topological polar surface area (TPSA) is 61.5 Å². The molecule has 2 rings (SSSR count). The van der Waals surface area contributed by atoms with Crippen molar-refractivity contribution in [3.8, 4) is 5.75 Å². The summed E-state index contributed by atoms with van der Waals surface area (Å²) in [6, 6.07) is 4.00. The first kappa shape index (κ1) is 12.8. The van der Waals surface area contributed by atoms with E-state index in [1.165, 1.54) is 18.2 Å². The highest BCUT2D eigenvalue weighted by Gasteiger charge is 2.45. The zero-order valence-corrected chi connectivity index (χ0v) is 10.4. The molecule has 0 amide bonds. The van der Waals surface area contributed by atoms with Gasteiger partial charge in [-0.25, -0.2) is 9.18 Å². The number of esters is 1. The summed E-state index contributed by atoms with van der Waals surface area (Å²) in [5.41, 5.74) is 5.14. The molecule has 98 valence electrons. The highest BCUT2D eigenvalue weighted by atomic mass is 19.1. The third kappa shape index (κ3) is 2.06. The highest BCUT2D eigenvalue weighted by Crippen LogP contribution is 2.38. The fourth-order valence-corrected chi connectivity index (χ4v) is 2.23. The number of benzene rings is 1. The highest BCUT2D eigenvalue weighted by molar-refractivity contribution is 5.84. The minimum atomic E-state index is -1.34. The lowest BCUT2D eigenvalue weighted by molar-refractivity contribution is -0.152. The molecule has 0 saturated carbocycles. The van der Waals surface area contributed by atoms with E-state index in [2.05, 4.69) is 0 Å². The Bertz CT molecular complexity index is 477. The predicted molar refractivity (Wildman–Crippen MR) is 63.6 cm³/mol. The van der Waals surface area contributed by atoms with Crippen LogP contribution in [0.3, 0.4) is 0 Å². The monoisotopic (exact) mass is 253 g/mol. The van der Waals surface area contributed by atoms with Crippen LogP contribution in [0, 0.1) is 5.82 Å². The van der Waals surface area contributed by atoms with Gasteiger partial charge in [-0.15, -0.1) is 0 Å². The Morgan fingerprint density at radius 3 is 3.06 bits per heavy atom. The van der Waals surface area contributed by atoms with Crippen molar-refractivity contribution in [2.75, 3.05) is 6.61 Å². The van der Waals surface area contributed by atoms with Gasteiger partial charge >= 0.3 is 5.97 Å². The van der Waals surface area contributed by atoms with Gasteiger partial charge < -0.3 is 15.2 Å². The number of carbonyl (C=O) groups is 1. The summed E-state index contributed by atoms with van der Waals surface area (Å²) < 4.78 is 23.9. The summed E-state index contributed by atoms with van der Waals surface area (Å²) >= 11 is 0. The van der Waals surface area contributed by atoms with Crippen LogP contribution in [0.2, 0.25) is 0 Å². The van der Waals surface area contributed by atoms with Crippen LogP contribution in [0.5, 0.6) is 5.75 Å². The second-order valence-corrected chi connectivity index (χ2v) is 4.46. The maximum atomic E-state index is 13.3. The van der Waals surface area contributed by atoms with Crippen LogP contribution in [0.25, 0.3) is 0 Å². The Hall–Kier alpha value is -1.62. The summed E-state index contributed by atoms with van der Waals surface area (Å²) in [6.07, 6.45) is 0.0415. The molecule has 0 unspecified atom stereocenters. The minimum Gasteiger partial charge on any atom is -0.490 e. The van der Waals surface area contributed by atoms with E-state index in [-0.39, 0.29) is 19.1 Å². The van der Waals surface area contributed by atoms with Gasteiger partial charge in [-0.1, -0.05) is 0 Å². The summed E-state index contributed by atoms with van der Waals surface area (Å²) in [5.74, 6) is -0.566. The SMILES string of the molecule is CCOC(=O)[C@]1(N)C[C@@H](C)Oc2ccc(F)cc21. The van der Waals surface area contributed by atoms with Crippen LogP contribution in [0.15, 0.2) is 18.2 Å². The molecule has 1 heterocycles. The molecule has 0 aliphatic carbocycles. The summed E-state index contributed by atoms with van der Waals surface area (Å²) in [4.78, 5) is 12.0. The standard InChI is InChI=1S/C13H16FNO3/c1-3-17-12(16)13(15)7-8(2)18-11-5-4-9(14)6-10(11)13/h4-6,8H,3,7,15H2,1-2H3/t8-,13+/m1/s1. The number of halogens is 1. The molecule has 0 fully saturated rings. The normalized spacial score (nSPS) is 26.1. The number of ether oxygens (including phenoxy) is 2. The van der Waals surface area contributed by atoms with Crippen LogP contribution in [0.4, 0.5) is 4.39 Å². The second kappa shape index (κ2) is 4.57. The van der Waals surface area contributed by atoms with Crippen molar-refractivity contribution in [2.45, 2.75) is 31.9 Å². The molecule has 18 heavy (non-hydrogen) atoms. The molecule has 2 N–H and O–H groups in total. The first-order valence-electron chi connectivity index (χ1n) is 5.90. The molecular formula is C13H16FNO3. The van der Waals surface area contributed by atoms with Gasteiger partial charge in [0.2, 0.25) is 0 Å². The zero-order valence-electron chi connectivity index (χ0n) is 10.4. The molecule has 2 atom stereocenters. The molecule has 1 aliphatic heterocycles. The maximum Gasteiger partial charge on any atom is 0.331 e. The molecular weight excluding hydrogens is 237 g/mol. The molecule has 0 bridgehead atoms. The second-order valence-electron chi connectivity index (χ2n) is 4.46. The van der Waals surface area contributed by atoms with Crippen molar-refractivity contribution in [1.82, 2.24) is 0 Å². The smallest absolute Gasteiger partial charge is 0.331 e. The van der Waals surface area contributed by atoms with Crippen molar-refractivity contribution in [3.05, 3.63) is 29.6 Å². The van der Waals surface area contributed by atoms with Gasteiger partial charge in [0.1, 0.15) is 17.1 Å². The average molecular weight is 253 g/mol. The quantitative estimate of drug-likeness (QED) is 0.815. The van der Waals surface area contributed by atoms with E-state index < -0.39 is 17.3 Å². The maximum absolute atomic E-state index is 13.3. The van der Waals surface area contributed by atoms with Crippen LogP contribution >= 0.6 is 0 Å². The molecule has 4 nitrogen and oxygen atoms in total. The van der Waals surface area contributed by atoms with E-state index in [0.29, 0.717) is 11.3 Å². The van der Waals surface area contributed by atoms with E-state index >= 15 is 0 Å². The predicted octanol–water partition coefficient (Wildman–Crippen LogP) is 1.71. The molecule has 5 heteroatoms. The van der Waals surface area contributed by atoms with Crippen molar-refractivity contribution >= 4 is 5.97 Å². The lowest BCUT2D eigenvalue weighted by Gasteiger charge is -2.36. The van der Waals surface area contributed by atoms with Crippen molar-refractivity contribution in [1.29, 1.82) is 0 Å². The summed E-state index contributed by atoms with van der Waals surface area (Å²) in [6.45, 7) is 3.75. The van der Waals surface area contributed by atoms with E-state index in [1.807, 2.05) is 6.92 Å². The largest absolute Gasteiger partial charge is 0.490 e. The Kier molecular flexibility index (Phi) is 3.26. The Labute approximate surface area is 105 Å². The first-order chi connectivity index (χ1) is 8.47. The average Bonchev–Trinajstić information content (AvgIpc) is 2.30. The fourth-order valence-electron chi connectivity index (χ4n) is 2.23. The van der Waals surface area contributed by atoms with E-state index in [4.69, 9.17) is 15.2 Å². The third-order valence-corrected chi connectivity index (χ3v) is 3.00. The Morgan fingerprint density at radius 1 is 1.67 bits per heavy atom. The molecule has 1 aromatic rings. The van der Waals surface area contributed by atoms with Crippen molar-refractivity contribution < 1.29 is 18.7 Å². The Balaban J connectivity index is 2.49. The number of nitrogens with two attached hydrogens (primary N) is 1. The van der Waals surface area contributed by atoms with Crippen molar-refractivity contribution in [2.24, 2.45) is 5.73 Å². The molecule has 0 spiro atoms. The molecule has 1 aliphatic rings. The number of rotatable bonds is 2. The number of fused-ring (bicyclic) bond motifs is 1.